The van der Waals surface area contributed by atoms with Crippen molar-refractivity contribution < 1.29 is 18.7 Å². The van der Waals surface area contributed by atoms with Gasteiger partial charge in [0.25, 0.3) is 5.56 Å². The van der Waals surface area contributed by atoms with E-state index in [2.05, 4.69) is 10.3 Å². The van der Waals surface area contributed by atoms with Crippen LogP contribution in [0, 0.1) is 13.8 Å². The van der Waals surface area contributed by atoms with Crippen LogP contribution in [0.1, 0.15) is 17.7 Å². The number of hydrogen-bond acceptors (Lipinski definition) is 6. The minimum atomic E-state index is -0.245. The summed E-state index contributed by atoms with van der Waals surface area (Å²) in [6, 6.07) is 5.11. The van der Waals surface area contributed by atoms with Crippen molar-refractivity contribution in [2.24, 2.45) is 0 Å². The number of rotatable bonds is 6. The van der Waals surface area contributed by atoms with Crippen molar-refractivity contribution in [1.82, 2.24) is 9.55 Å². The van der Waals surface area contributed by atoms with E-state index in [9.17, 15) is 9.59 Å². The molecule has 2 heterocycles. The molecule has 0 bridgehead atoms. The summed E-state index contributed by atoms with van der Waals surface area (Å²) in [5.74, 6) is 1.54. The van der Waals surface area contributed by atoms with Crippen LogP contribution in [0.2, 0.25) is 0 Å². The van der Waals surface area contributed by atoms with E-state index in [4.69, 9.17) is 13.9 Å². The summed E-state index contributed by atoms with van der Waals surface area (Å²) in [7, 11) is 3.07. The molecule has 3 rings (SSSR count). The first-order chi connectivity index (χ1) is 12.9. The third-order valence-corrected chi connectivity index (χ3v) is 4.42. The Morgan fingerprint density at radius 3 is 2.74 bits per heavy atom. The Labute approximate surface area is 155 Å². The van der Waals surface area contributed by atoms with Gasteiger partial charge in [-0.3, -0.25) is 14.2 Å². The lowest BCUT2D eigenvalue weighted by Crippen LogP contribution is -2.23. The largest absolute Gasteiger partial charge is 0.497 e. The number of nitrogens with zero attached hydrogens (tertiary/aromatic N) is 2. The van der Waals surface area contributed by atoms with Gasteiger partial charge < -0.3 is 19.2 Å². The lowest BCUT2D eigenvalue weighted by atomic mass is 10.2. The Morgan fingerprint density at radius 2 is 2.04 bits per heavy atom. The fraction of sp³-hybridized carbons (Fsp3) is 0.316. The predicted octanol–water partition coefficient (Wildman–Crippen LogP) is 2.65. The van der Waals surface area contributed by atoms with Gasteiger partial charge in [-0.25, -0.2) is 4.98 Å². The summed E-state index contributed by atoms with van der Waals surface area (Å²) in [5.41, 5.74) is 1.40. The minimum absolute atomic E-state index is 0.109. The lowest BCUT2D eigenvalue weighted by molar-refractivity contribution is -0.116. The zero-order chi connectivity index (χ0) is 19.6. The Morgan fingerprint density at radius 1 is 1.26 bits per heavy atom. The minimum Gasteiger partial charge on any atom is -0.497 e. The van der Waals surface area contributed by atoms with Crippen LogP contribution in [-0.4, -0.2) is 29.7 Å². The van der Waals surface area contributed by atoms with Gasteiger partial charge in [0.05, 0.1) is 19.9 Å². The number of ether oxygens (including phenoxy) is 2. The van der Waals surface area contributed by atoms with Gasteiger partial charge in [0.2, 0.25) is 11.6 Å². The fourth-order valence-electron chi connectivity index (χ4n) is 2.77. The number of carbonyl (C=O) groups excluding carboxylic acids is 1. The Kier molecular flexibility index (Phi) is 5.16. The molecule has 2 aromatic heterocycles. The van der Waals surface area contributed by atoms with E-state index in [1.54, 1.807) is 32.2 Å². The summed E-state index contributed by atoms with van der Waals surface area (Å²) in [5, 5.41) is 3.23. The van der Waals surface area contributed by atoms with Gasteiger partial charge in [0.15, 0.2) is 0 Å². The Balaban J connectivity index is 1.73. The molecule has 8 nitrogen and oxygen atoms in total. The molecule has 0 aliphatic rings. The zero-order valence-corrected chi connectivity index (χ0v) is 15.7. The van der Waals surface area contributed by atoms with Gasteiger partial charge in [0.1, 0.15) is 29.0 Å². The van der Waals surface area contributed by atoms with Crippen LogP contribution in [0.4, 0.5) is 5.69 Å². The predicted molar refractivity (Wildman–Crippen MR) is 101 cm³/mol. The highest BCUT2D eigenvalue weighted by atomic mass is 16.5. The molecule has 0 fully saturated rings. The van der Waals surface area contributed by atoms with Gasteiger partial charge in [-0.05, 0) is 26.0 Å². The number of methoxy groups -OCH3 is 2. The lowest BCUT2D eigenvalue weighted by Gasteiger charge is -2.12. The maximum Gasteiger partial charge on any atom is 0.264 e. The average Bonchev–Trinajstić information content (AvgIpc) is 2.96. The number of aryl methyl sites for hydroxylation is 3. The molecule has 8 heteroatoms. The first-order valence-electron chi connectivity index (χ1n) is 8.41. The highest BCUT2D eigenvalue weighted by Gasteiger charge is 2.15. The van der Waals surface area contributed by atoms with E-state index in [1.165, 1.54) is 18.0 Å². The zero-order valence-electron chi connectivity index (χ0n) is 15.7. The highest BCUT2D eigenvalue weighted by molar-refractivity contribution is 5.92. The first kappa shape index (κ1) is 18.5. The molecule has 142 valence electrons. The van der Waals surface area contributed by atoms with Gasteiger partial charge in [-0.15, -0.1) is 0 Å². The number of carbonyl (C=O) groups is 1. The number of benzene rings is 1. The van der Waals surface area contributed by atoms with Crippen molar-refractivity contribution in [2.45, 2.75) is 26.8 Å². The quantitative estimate of drug-likeness (QED) is 0.716. The third-order valence-electron chi connectivity index (χ3n) is 4.42. The first-order valence-corrected chi connectivity index (χ1v) is 8.41. The summed E-state index contributed by atoms with van der Waals surface area (Å²) < 4.78 is 17.3. The Hall–Kier alpha value is -3.29. The van der Waals surface area contributed by atoms with Crippen LogP contribution < -0.4 is 20.3 Å². The molecule has 0 aliphatic carbocycles. The maximum atomic E-state index is 12.6. The second-order valence-corrected chi connectivity index (χ2v) is 6.07. The number of anilines is 1. The molecule has 0 saturated heterocycles. The fourth-order valence-corrected chi connectivity index (χ4v) is 2.77. The standard InChI is InChI=1S/C19H21N3O5/c1-11-12(2)27-18-17(11)19(24)22(10-20-18)8-7-16(23)21-14-6-5-13(25-3)9-15(14)26-4/h5-6,9-10H,7-8H2,1-4H3,(H,21,23). The van der Waals surface area contributed by atoms with E-state index < -0.39 is 0 Å². The highest BCUT2D eigenvalue weighted by Crippen LogP contribution is 2.29. The van der Waals surface area contributed by atoms with E-state index in [-0.39, 0.29) is 24.4 Å². The monoisotopic (exact) mass is 371 g/mol. The number of fused-ring (bicyclic) bond motifs is 1. The van der Waals surface area contributed by atoms with Crippen molar-refractivity contribution >= 4 is 22.7 Å². The van der Waals surface area contributed by atoms with Gasteiger partial charge in [-0.2, -0.15) is 0 Å². The normalized spacial score (nSPS) is 10.8. The summed E-state index contributed by atoms with van der Waals surface area (Å²) >= 11 is 0. The smallest absolute Gasteiger partial charge is 0.264 e. The van der Waals surface area contributed by atoms with Crippen molar-refractivity contribution in [3.05, 3.63) is 46.2 Å². The Bertz CT molecular complexity index is 1050. The van der Waals surface area contributed by atoms with E-state index >= 15 is 0 Å². The topological polar surface area (TPSA) is 95.6 Å². The molecule has 3 aromatic rings. The van der Waals surface area contributed by atoms with Crippen molar-refractivity contribution in [3.8, 4) is 11.5 Å². The second-order valence-electron chi connectivity index (χ2n) is 6.07. The van der Waals surface area contributed by atoms with Crippen LogP contribution >= 0.6 is 0 Å². The van der Waals surface area contributed by atoms with Gasteiger partial charge >= 0.3 is 0 Å². The molecule has 0 unspecified atom stereocenters. The van der Waals surface area contributed by atoms with Crippen molar-refractivity contribution in [1.29, 1.82) is 0 Å². The van der Waals surface area contributed by atoms with E-state index in [0.29, 0.717) is 34.0 Å². The molecular weight excluding hydrogens is 350 g/mol. The van der Waals surface area contributed by atoms with Gasteiger partial charge in [0, 0.05) is 24.6 Å². The molecule has 1 amide bonds. The van der Waals surface area contributed by atoms with Crippen LogP contribution in [-0.2, 0) is 11.3 Å². The van der Waals surface area contributed by atoms with Crippen molar-refractivity contribution in [3.63, 3.8) is 0 Å². The maximum absolute atomic E-state index is 12.6. The van der Waals surface area contributed by atoms with E-state index in [1.807, 2.05) is 6.92 Å². The number of aromatic nitrogens is 2. The second kappa shape index (κ2) is 7.53. The molecule has 1 N–H and O–H groups in total. The van der Waals surface area contributed by atoms with Gasteiger partial charge in [-0.1, -0.05) is 0 Å². The van der Waals surface area contributed by atoms with Crippen LogP contribution in [0.15, 0.2) is 33.7 Å². The summed E-state index contributed by atoms with van der Waals surface area (Å²) in [4.78, 5) is 29.1. The number of furan rings is 1. The van der Waals surface area contributed by atoms with Crippen molar-refractivity contribution in [2.75, 3.05) is 19.5 Å². The van der Waals surface area contributed by atoms with Crippen LogP contribution in [0.3, 0.4) is 0 Å². The number of hydrogen-bond donors (Lipinski definition) is 1. The SMILES string of the molecule is COc1ccc(NC(=O)CCn2cnc3oc(C)c(C)c3c2=O)c(OC)c1. The molecule has 0 atom stereocenters. The molecule has 0 spiro atoms. The number of nitrogens with one attached hydrogen (secondary N) is 1. The third kappa shape index (κ3) is 3.64. The van der Waals surface area contributed by atoms with Crippen LogP contribution in [0.5, 0.6) is 11.5 Å². The number of amides is 1. The molecule has 1 aromatic carbocycles. The summed E-state index contributed by atoms with van der Waals surface area (Å²) in [6.07, 6.45) is 1.51. The molecule has 0 aliphatic heterocycles. The summed E-state index contributed by atoms with van der Waals surface area (Å²) in [6.45, 7) is 3.81. The molecule has 0 saturated carbocycles. The average molecular weight is 371 g/mol. The van der Waals surface area contributed by atoms with Crippen LogP contribution in [0.25, 0.3) is 11.1 Å². The molecule has 27 heavy (non-hydrogen) atoms. The van der Waals surface area contributed by atoms with E-state index in [0.717, 1.165) is 5.56 Å². The molecular formula is C19H21N3O5. The molecule has 0 radical (unpaired) electrons.